The van der Waals surface area contributed by atoms with Gasteiger partial charge in [-0.1, -0.05) is 0 Å². The molecule has 5 nitrogen and oxygen atoms in total. The van der Waals surface area contributed by atoms with Crippen LogP contribution in [0.4, 0.5) is 4.79 Å². The minimum absolute atomic E-state index is 0.102. The molecule has 2 rings (SSSR count). The van der Waals surface area contributed by atoms with Gasteiger partial charge in [-0.15, -0.1) is 0 Å². The zero-order valence-corrected chi connectivity index (χ0v) is 9.87. The topological polar surface area (TPSA) is 53.6 Å². The summed E-state index contributed by atoms with van der Waals surface area (Å²) in [6.07, 6.45) is 2.69. The number of nitrogens with zero attached hydrogens (tertiary/aromatic N) is 1. The Balaban J connectivity index is 1.69. The molecule has 16 heavy (non-hydrogen) atoms. The molecule has 5 heteroatoms. The molecule has 92 valence electrons. The van der Waals surface area contributed by atoms with Crippen molar-refractivity contribution in [3.63, 3.8) is 0 Å². The van der Waals surface area contributed by atoms with Crippen molar-refractivity contribution in [3.8, 4) is 0 Å². The fourth-order valence-electron chi connectivity index (χ4n) is 2.44. The minimum atomic E-state index is -0.102. The van der Waals surface area contributed by atoms with E-state index < -0.39 is 0 Å². The fraction of sp³-hybridized carbons (Fsp3) is 0.909. The number of carbonyl (C=O) groups excluding carboxylic acids is 1. The van der Waals surface area contributed by atoms with Crippen molar-refractivity contribution in [2.75, 3.05) is 32.8 Å². The van der Waals surface area contributed by atoms with Gasteiger partial charge >= 0.3 is 6.03 Å². The van der Waals surface area contributed by atoms with Crippen LogP contribution in [0.25, 0.3) is 0 Å². The molecule has 0 bridgehead atoms. The number of carbonyl (C=O) groups is 1. The number of amides is 2. The van der Waals surface area contributed by atoms with Crippen molar-refractivity contribution in [2.45, 2.75) is 31.9 Å². The lowest BCUT2D eigenvalue weighted by atomic mass is 10.2. The summed E-state index contributed by atoms with van der Waals surface area (Å²) >= 11 is 0. The summed E-state index contributed by atoms with van der Waals surface area (Å²) in [5.41, 5.74) is 0. The molecule has 0 saturated carbocycles. The second kappa shape index (κ2) is 5.50. The molecule has 2 aliphatic rings. The van der Waals surface area contributed by atoms with Crippen LogP contribution >= 0.6 is 0 Å². The van der Waals surface area contributed by atoms with Gasteiger partial charge in [0.25, 0.3) is 0 Å². The lowest BCUT2D eigenvalue weighted by Gasteiger charge is -2.35. The molecule has 0 spiro atoms. The molecule has 2 atom stereocenters. The summed E-state index contributed by atoms with van der Waals surface area (Å²) < 4.78 is 5.74. The van der Waals surface area contributed by atoms with Gasteiger partial charge < -0.3 is 15.4 Å². The van der Waals surface area contributed by atoms with E-state index in [2.05, 4.69) is 15.5 Å². The summed E-state index contributed by atoms with van der Waals surface area (Å²) in [6.45, 7) is 6.14. The van der Waals surface area contributed by atoms with E-state index in [1.54, 1.807) is 0 Å². The van der Waals surface area contributed by atoms with Gasteiger partial charge in [-0.05, 0) is 26.3 Å². The van der Waals surface area contributed by atoms with Gasteiger partial charge in [0, 0.05) is 25.7 Å². The number of morpholine rings is 1. The van der Waals surface area contributed by atoms with Gasteiger partial charge in [0.05, 0.1) is 12.7 Å². The van der Waals surface area contributed by atoms with E-state index in [0.29, 0.717) is 19.1 Å². The summed E-state index contributed by atoms with van der Waals surface area (Å²) in [5, 5.41) is 5.54. The van der Waals surface area contributed by atoms with Crippen LogP contribution in [0.15, 0.2) is 0 Å². The molecule has 2 N–H and O–H groups in total. The number of ether oxygens (including phenoxy) is 1. The van der Waals surface area contributed by atoms with Crippen LogP contribution in [-0.2, 0) is 4.74 Å². The summed E-state index contributed by atoms with van der Waals surface area (Å²) in [5.74, 6) is 0. The maximum atomic E-state index is 11.2. The Labute approximate surface area is 96.5 Å². The number of fused-ring (bicyclic) bond motifs is 1. The van der Waals surface area contributed by atoms with Crippen molar-refractivity contribution < 1.29 is 9.53 Å². The Kier molecular flexibility index (Phi) is 4.01. The molecule has 2 aliphatic heterocycles. The van der Waals surface area contributed by atoms with Crippen LogP contribution in [-0.4, -0.2) is 55.9 Å². The summed E-state index contributed by atoms with van der Waals surface area (Å²) in [4.78, 5) is 13.7. The third-order valence-electron chi connectivity index (χ3n) is 3.29. The monoisotopic (exact) mass is 227 g/mol. The predicted octanol–water partition coefficient (Wildman–Crippen LogP) is 0.169. The van der Waals surface area contributed by atoms with E-state index in [9.17, 15) is 4.79 Å². The Morgan fingerprint density at radius 1 is 1.50 bits per heavy atom. The van der Waals surface area contributed by atoms with Crippen LogP contribution in [0.2, 0.25) is 0 Å². The van der Waals surface area contributed by atoms with Crippen molar-refractivity contribution >= 4 is 6.03 Å². The lowest BCUT2D eigenvalue weighted by molar-refractivity contribution is -0.0457. The van der Waals surface area contributed by atoms with Gasteiger partial charge in [-0.2, -0.15) is 0 Å². The first-order valence-corrected chi connectivity index (χ1v) is 6.17. The number of hydrogen-bond acceptors (Lipinski definition) is 3. The number of urea groups is 1. The highest BCUT2D eigenvalue weighted by atomic mass is 16.5. The van der Waals surface area contributed by atoms with E-state index in [-0.39, 0.29) is 12.1 Å². The number of hydrogen-bond donors (Lipinski definition) is 2. The molecule has 2 fully saturated rings. The Bertz CT molecular complexity index is 247. The predicted molar refractivity (Wildman–Crippen MR) is 61.4 cm³/mol. The van der Waals surface area contributed by atoms with E-state index >= 15 is 0 Å². The van der Waals surface area contributed by atoms with E-state index in [0.717, 1.165) is 13.2 Å². The maximum Gasteiger partial charge on any atom is 0.314 e. The van der Waals surface area contributed by atoms with Gasteiger partial charge in [0.2, 0.25) is 0 Å². The normalized spacial score (nSPS) is 29.8. The van der Waals surface area contributed by atoms with Gasteiger partial charge in [-0.25, -0.2) is 4.79 Å². The zero-order valence-electron chi connectivity index (χ0n) is 9.87. The first kappa shape index (κ1) is 11.7. The Hall–Kier alpha value is -0.810. The SMILES string of the molecule is CCNC(=O)NCC1CN2CCCC2CO1. The zero-order chi connectivity index (χ0) is 11.4. The van der Waals surface area contributed by atoms with Crippen LogP contribution in [0, 0.1) is 0 Å². The standard InChI is InChI=1S/C11H21N3O2/c1-2-12-11(15)13-6-10-7-14-5-3-4-9(14)8-16-10/h9-10H,2-8H2,1H3,(H2,12,13,15). The fourth-order valence-corrected chi connectivity index (χ4v) is 2.44. The average Bonchev–Trinajstić information content (AvgIpc) is 2.74. The molecule has 0 radical (unpaired) electrons. The second-order valence-corrected chi connectivity index (χ2v) is 4.49. The Morgan fingerprint density at radius 2 is 2.38 bits per heavy atom. The first-order chi connectivity index (χ1) is 7.79. The maximum absolute atomic E-state index is 11.2. The molecule has 2 unspecified atom stereocenters. The molecule has 0 aromatic heterocycles. The molecular formula is C11H21N3O2. The van der Waals surface area contributed by atoms with Crippen molar-refractivity contribution in [3.05, 3.63) is 0 Å². The van der Waals surface area contributed by atoms with E-state index in [1.807, 2.05) is 6.92 Å². The largest absolute Gasteiger partial charge is 0.373 e. The highest BCUT2D eigenvalue weighted by Gasteiger charge is 2.32. The van der Waals surface area contributed by atoms with Crippen molar-refractivity contribution in [1.82, 2.24) is 15.5 Å². The van der Waals surface area contributed by atoms with Crippen LogP contribution < -0.4 is 10.6 Å². The molecule has 2 saturated heterocycles. The molecule has 2 amide bonds. The molecule has 0 aromatic rings. The lowest BCUT2D eigenvalue weighted by Crippen LogP contribution is -2.51. The smallest absolute Gasteiger partial charge is 0.314 e. The third kappa shape index (κ3) is 2.86. The second-order valence-electron chi connectivity index (χ2n) is 4.49. The highest BCUT2D eigenvalue weighted by molar-refractivity contribution is 5.73. The van der Waals surface area contributed by atoms with Crippen LogP contribution in [0.3, 0.4) is 0 Å². The number of nitrogens with one attached hydrogen (secondary N) is 2. The third-order valence-corrected chi connectivity index (χ3v) is 3.29. The van der Waals surface area contributed by atoms with E-state index in [4.69, 9.17) is 4.74 Å². The average molecular weight is 227 g/mol. The molecule has 2 heterocycles. The quantitative estimate of drug-likeness (QED) is 0.722. The minimum Gasteiger partial charge on any atom is -0.373 e. The first-order valence-electron chi connectivity index (χ1n) is 6.17. The van der Waals surface area contributed by atoms with Crippen LogP contribution in [0.5, 0.6) is 0 Å². The Morgan fingerprint density at radius 3 is 3.19 bits per heavy atom. The molecule has 0 aromatic carbocycles. The molecular weight excluding hydrogens is 206 g/mol. The summed E-state index contributed by atoms with van der Waals surface area (Å²) in [7, 11) is 0. The highest BCUT2D eigenvalue weighted by Crippen LogP contribution is 2.22. The van der Waals surface area contributed by atoms with Gasteiger partial charge in [-0.3, -0.25) is 4.90 Å². The summed E-state index contributed by atoms with van der Waals surface area (Å²) in [6, 6.07) is 0.523. The van der Waals surface area contributed by atoms with Crippen LogP contribution in [0.1, 0.15) is 19.8 Å². The van der Waals surface area contributed by atoms with Crippen molar-refractivity contribution in [1.29, 1.82) is 0 Å². The molecule has 0 aliphatic carbocycles. The van der Waals surface area contributed by atoms with Gasteiger partial charge in [0.15, 0.2) is 0 Å². The van der Waals surface area contributed by atoms with E-state index in [1.165, 1.54) is 19.4 Å². The number of rotatable bonds is 3. The van der Waals surface area contributed by atoms with Gasteiger partial charge in [0.1, 0.15) is 0 Å². The van der Waals surface area contributed by atoms with Crippen molar-refractivity contribution in [2.24, 2.45) is 0 Å².